The van der Waals surface area contributed by atoms with Crippen LogP contribution in [0.5, 0.6) is 11.5 Å². The van der Waals surface area contributed by atoms with E-state index in [0.29, 0.717) is 28.6 Å². The summed E-state index contributed by atoms with van der Waals surface area (Å²) in [5.74, 6) is -0.414. The molecule has 1 fully saturated rings. The zero-order valence-corrected chi connectivity index (χ0v) is 21.6. The lowest BCUT2D eigenvalue weighted by Crippen LogP contribution is -2.28. The van der Waals surface area contributed by atoms with E-state index >= 15 is 0 Å². The van der Waals surface area contributed by atoms with Crippen molar-refractivity contribution in [2.75, 3.05) is 18.6 Å². The second-order valence-corrected chi connectivity index (χ2v) is 10.3. The van der Waals surface area contributed by atoms with Crippen molar-refractivity contribution in [3.05, 3.63) is 75.5 Å². The Balaban J connectivity index is 1.65. The summed E-state index contributed by atoms with van der Waals surface area (Å²) in [4.78, 5) is 33.6. The zero-order valence-electron chi connectivity index (χ0n) is 20.0. The molecule has 7 nitrogen and oxygen atoms in total. The highest BCUT2D eigenvalue weighted by Gasteiger charge is 2.48. The SMILES string of the molecule is CCCOc1cccc(/C(O)=C2\C(=O)C(=O)N(c3nc4cc(C)c(OC)cc4s3)C2c2cccs2)c1. The van der Waals surface area contributed by atoms with Crippen LogP contribution in [0.15, 0.2) is 59.5 Å². The van der Waals surface area contributed by atoms with Gasteiger partial charge in [-0.15, -0.1) is 11.3 Å². The van der Waals surface area contributed by atoms with Crippen molar-refractivity contribution in [1.82, 2.24) is 4.98 Å². The first-order valence-corrected chi connectivity index (χ1v) is 13.1. The van der Waals surface area contributed by atoms with Gasteiger partial charge in [-0.25, -0.2) is 4.98 Å². The number of thiophene rings is 1. The van der Waals surface area contributed by atoms with E-state index in [1.165, 1.54) is 27.6 Å². The summed E-state index contributed by atoms with van der Waals surface area (Å²) in [6.07, 6.45) is 0.841. The lowest BCUT2D eigenvalue weighted by Gasteiger charge is -2.21. The number of nitrogens with zero attached hydrogens (tertiary/aromatic N) is 2. The summed E-state index contributed by atoms with van der Waals surface area (Å²) in [5.41, 5.74) is 2.07. The number of thiazole rings is 1. The van der Waals surface area contributed by atoms with Gasteiger partial charge in [-0.1, -0.05) is 36.5 Å². The molecule has 1 aliphatic rings. The number of Topliss-reactive ketones (excluding diaryl/α,β-unsaturated/α-hetero) is 1. The van der Waals surface area contributed by atoms with Gasteiger partial charge in [0, 0.05) is 10.4 Å². The Hall–Kier alpha value is -3.69. The standard InChI is InChI=1S/C27H24N2O5S2/c1-4-10-34-17-8-5-7-16(13-17)24(30)22-23(20-9-6-11-35-20)29(26(32)25(22)31)27-28-18-12-15(2)19(33-3)14-21(18)36-27/h5-9,11-14,23,30H,4,10H2,1-3H3/b24-22+. The number of carbonyl (C=O) groups is 2. The molecule has 2 aromatic heterocycles. The van der Waals surface area contributed by atoms with Gasteiger partial charge >= 0.3 is 5.91 Å². The summed E-state index contributed by atoms with van der Waals surface area (Å²) in [6, 6.07) is 13.6. The average molecular weight is 521 g/mol. The molecule has 0 radical (unpaired) electrons. The van der Waals surface area contributed by atoms with Crippen LogP contribution in [0.1, 0.15) is 35.4 Å². The van der Waals surface area contributed by atoms with Crippen LogP contribution in [0.4, 0.5) is 5.13 Å². The van der Waals surface area contributed by atoms with Crippen molar-refractivity contribution in [3.8, 4) is 11.5 Å². The van der Waals surface area contributed by atoms with Crippen LogP contribution in [-0.4, -0.2) is 35.5 Å². The molecule has 9 heteroatoms. The summed E-state index contributed by atoms with van der Waals surface area (Å²) >= 11 is 2.71. The molecule has 184 valence electrons. The number of hydrogen-bond donors (Lipinski definition) is 1. The maximum atomic E-state index is 13.4. The molecule has 5 rings (SSSR count). The number of anilines is 1. The largest absolute Gasteiger partial charge is 0.507 e. The highest BCUT2D eigenvalue weighted by Crippen LogP contribution is 2.46. The fourth-order valence-corrected chi connectivity index (χ4v) is 6.05. The van der Waals surface area contributed by atoms with Gasteiger partial charge in [-0.2, -0.15) is 0 Å². The van der Waals surface area contributed by atoms with E-state index in [1.54, 1.807) is 31.4 Å². The van der Waals surface area contributed by atoms with Gasteiger partial charge < -0.3 is 14.6 Å². The van der Waals surface area contributed by atoms with Crippen molar-refractivity contribution in [2.24, 2.45) is 0 Å². The number of hydrogen-bond acceptors (Lipinski definition) is 8. The second kappa shape index (κ2) is 9.75. The highest BCUT2D eigenvalue weighted by atomic mass is 32.1. The van der Waals surface area contributed by atoms with Crippen molar-refractivity contribution in [2.45, 2.75) is 26.3 Å². The molecule has 1 atom stereocenters. The van der Waals surface area contributed by atoms with Gasteiger partial charge in [0.05, 0.1) is 29.5 Å². The number of aryl methyl sites for hydroxylation is 1. The molecule has 4 aromatic rings. The number of methoxy groups -OCH3 is 1. The van der Waals surface area contributed by atoms with Gasteiger partial charge in [0.1, 0.15) is 23.3 Å². The number of aromatic nitrogens is 1. The Morgan fingerprint density at radius 1 is 1.17 bits per heavy atom. The van der Waals surface area contributed by atoms with Crippen LogP contribution in [0, 0.1) is 6.92 Å². The predicted molar refractivity (Wildman–Crippen MR) is 142 cm³/mol. The first kappa shape index (κ1) is 24.0. The number of carbonyl (C=O) groups excluding carboxylic acids is 2. The molecule has 0 aliphatic carbocycles. The number of amides is 1. The lowest BCUT2D eigenvalue weighted by molar-refractivity contribution is -0.132. The first-order chi connectivity index (χ1) is 17.4. The molecule has 2 aromatic carbocycles. The maximum absolute atomic E-state index is 13.4. The van der Waals surface area contributed by atoms with Crippen LogP contribution < -0.4 is 14.4 Å². The number of rotatable bonds is 7. The third-order valence-electron chi connectivity index (χ3n) is 5.94. The minimum absolute atomic E-state index is 0.0307. The predicted octanol–water partition coefficient (Wildman–Crippen LogP) is 6.09. The smallest absolute Gasteiger partial charge is 0.301 e. The first-order valence-electron chi connectivity index (χ1n) is 11.5. The minimum Gasteiger partial charge on any atom is -0.507 e. The molecular formula is C27H24N2O5S2. The molecule has 0 bridgehead atoms. The van der Waals surface area contributed by atoms with E-state index in [0.717, 1.165) is 27.3 Å². The Kier molecular flexibility index (Phi) is 6.51. The average Bonchev–Trinajstić information content (AvgIpc) is 3.60. The lowest BCUT2D eigenvalue weighted by atomic mass is 10.00. The van der Waals surface area contributed by atoms with Gasteiger partial charge in [0.15, 0.2) is 5.13 Å². The molecule has 36 heavy (non-hydrogen) atoms. The van der Waals surface area contributed by atoms with Gasteiger partial charge in [0.2, 0.25) is 0 Å². The van der Waals surface area contributed by atoms with Crippen molar-refractivity contribution in [1.29, 1.82) is 0 Å². The Morgan fingerprint density at radius 3 is 2.72 bits per heavy atom. The van der Waals surface area contributed by atoms with E-state index in [-0.39, 0.29) is 11.3 Å². The zero-order chi connectivity index (χ0) is 25.4. The van der Waals surface area contributed by atoms with E-state index in [4.69, 9.17) is 9.47 Å². The number of aliphatic hydroxyl groups excluding tert-OH is 1. The Labute approximate surface area is 216 Å². The van der Waals surface area contributed by atoms with Crippen LogP contribution in [0.25, 0.3) is 16.0 Å². The molecule has 1 N–H and O–H groups in total. The topological polar surface area (TPSA) is 89.0 Å². The van der Waals surface area contributed by atoms with Crippen molar-refractivity contribution in [3.63, 3.8) is 0 Å². The number of aliphatic hydroxyl groups is 1. The molecule has 1 saturated heterocycles. The van der Waals surface area contributed by atoms with Gasteiger partial charge in [-0.3, -0.25) is 14.5 Å². The van der Waals surface area contributed by atoms with Crippen LogP contribution >= 0.6 is 22.7 Å². The number of fused-ring (bicyclic) bond motifs is 1. The molecular weight excluding hydrogens is 496 g/mol. The summed E-state index contributed by atoms with van der Waals surface area (Å²) < 4.78 is 12.0. The summed E-state index contributed by atoms with van der Waals surface area (Å²) in [7, 11) is 1.60. The van der Waals surface area contributed by atoms with Crippen LogP contribution in [0.2, 0.25) is 0 Å². The maximum Gasteiger partial charge on any atom is 0.301 e. The monoisotopic (exact) mass is 520 g/mol. The third-order valence-corrected chi connectivity index (χ3v) is 7.88. The van der Waals surface area contributed by atoms with Crippen LogP contribution in [0.3, 0.4) is 0 Å². The second-order valence-electron chi connectivity index (χ2n) is 8.35. The summed E-state index contributed by atoms with van der Waals surface area (Å²) in [6.45, 7) is 4.46. The number of benzene rings is 2. The molecule has 1 aliphatic heterocycles. The van der Waals surface area contributed by atoms with E-state index in [1.807, 2.05) is 43.5 Å². The fourth-order valence-electron chi connectivity index (χ4n) is 4.22. The molecule has 0 saturated carbocycles. The number of ketones is 1. The van der Waals surface area contributed by atoms with E-state index in [2.05, 4.69) is 4.98 Å². The van der Waals surface area contributed by atoms with Gasteiger partial charge in [0.25, 0.3) is 5.78 Å². The molecule has 3 heterocycles. The van der Waals surface area contributed by atoms with Crippen molar-refractivity contribution >= 4 is 55.5 Å². The minimum atomic E-state index is -0.797. The Morgan fingerprint density at radius 2 is 2.00 bits per heavy atom. The molecule has 1 unspecified atom stereocenters. The Bertz CT molecular complexity index is 1490. The number of ether oxygens (including phenoxy) is 2. The third kappa shape index (κ3) is 4.14. The quantitative estimate of drug-likeness (QED) is 0.180. The van der Waals surface area contributed by atoms with Crippen LogP contribution in [-0.2, 0) is 9.59 Å². The fraction of sp³-hybridized carbons (Fsp3) is 0.222. The highest BCUT2D eigenvalue weighted by molar-refractivity contribution is 7.22. The summed E-state index contributed by atoms with van der Waals surface area (Å²) in [5, 5.41) is 13.6. The van der Waals surface area contributed by atoms with Gasteiger partial charge in [-0.05, 0) is 54.6 Å². The van der Waals surface area contributed by atoms with E-state index in [9.17, 15) is 14.7 Å². The van der Waals surface area contributed by atoms with Crippen molar-refractivity contribution < 1.29 is 24.2 Å². The molecule has 0 spiro atoms. The van der Waals surface area contributed by atoms with E-state index < -0.39 is 17.7 Å². The normalized spacial score (nSPS) is 17.2. The molecule has 1 amide bonds.